The number of aromatic nitrogens is 6. The van der Waals surface area contributed by atoms with Crippen molar-refractivity contribution in [2.45, 2.75) is 0 Å². The number of pyridine rings is 3. The zero-order valence-corrected chi connectivity index (χ0v) is 25.8. The van der Waals surface area contributed by atoms with Crippen LogP contribution in [-0.2, 0) is 0 Å². The monoisotopic (exact) mass is 616 g/mol. The molecule has 8 rings (SSSR count). The van der Waals surface area contributed by atoms with E-state index in [1.54, 1.807) is 6.20 Å². The molecular formula is C42H28N6. The molecule has 0 aliphatic heterocycles. The number of hydrogen-bond acceptors (Lipinski definition) is 6. The highest BCUT2D eigenvalue weighted by Crippen LogP contribution is 2.31. The third-order valence-electron chi connectivity index (χ3n) is 8.05. The van der Waals surface area contributed by atoms with Crippen LogP contribution in [0.4, 0.5) is 0 Å². The number of benzene rings is 4. The van der Waals surface area contributed by atoms with Gasteiger partial charge in [-0.15, -0.1) is 0 Å². The fourth-order valence-corrected chi connectivity index (χ4v) is 5.59. The second kappa shape index (κ2) is 13.0. The van der Waals surface area contributed by atoms with Crippen molar-refractivity contribution in [3.8, 4) is 79.2 Å². The summed E-state index contributed by atoms with van der Waals surface area (Å²) in [5.74, 6) is 1.77. The molecule has 6 heteroatoms. The van der Waals surface area contributed by atoms with Crippen molar-refractivity contribution in [1.29, 1.82) is 0 Å². The normalized spacial score (nSPS) is 10.9. The Bertz CT molecular complexity index is 2250. The first-order valence-electron chi connectivity index (χ1n) is 15.7. The van der Waals surface area contributed by atoms with Crippen LogP contribution in [0.5, 0.6) is 0 Å². The van der Waals surface area contributed by atoms with Crippen LogP contribution < -0.4 is 0 Å². The van der Waals surface area contributed by atoms with E-state index >= 15 is 0 Å². The van der Waals surface area contributed by atoms with Gasteiger partial charge in [-0.25, -0.2) is 19.9 Å². The quantitative estimate of drug-likeness (QED) is 0.177. The summed E-state index contributed by atoms with van der Waals surface area (Å²) in [6.45, 7) is 0. The molecule has 0 fully saturated rings. The van der Waals surface area contributed by atoms with Gasteiger partial charge in [0.2, 0.25) is 0 Å². The van der Waals surface area contributed by atoms with Gasteiger partial charge in [-0.05, 0) is 58.7 Å². The van der Waals surface area contributed by atoms with Crippen molar-refractivity contribution >= 4 is 0 Å². The van der Waals surface area contributed by atoms with E-state index in [0.29, 0.717) is 17.5 Å². The Labute approximate surface area is 278 Å². The van der Waals surface area contributed by atoms with Crippen LogP contribution >= 0.6 is 0 Å². The predicted molar refractivity (Wildman–Crippen MR) is 191 cm³/mol. The maximum absolute atomic E-state index is 5.08. The van der Waals surface area contributed by atoms with E-state index in [2.05, 4.69) is 42.5 Å². The Balaban J connectivity index is 1.20. The standard InChI is InChI=1S/C42H28N6/c1-5-13-29(14-6-1)33-23-24-43-37(25-33)39-27-35(30-15-7-2-8-16-30)26-38(45-39)36-22-21-34(28-44-36)42-47-40(31-17-9-3-10-18-31)46-41(48-42)32-19-11-4-12-20-32/h1-28H. The van der Waals surface area contributed by atoms with Gasteiger partial charge >= 0.3 is 0 Å². The second-order valence-electron chi connectivity index (χ2n) is 11.3. The zero-order valence-electron chi connectivity index (χ0n) is 25.8. The Morgan fingerprint density at radius 1 is 0.271 bits per heavy atom. The molecule has 0 unspecified atom stereocenters. The molecule has 4 heterocycles. The lowest BCUT2D eigenvalue weighted by Crippen LogP contribution is -2.00. The summed E-state index contributed by atoms with van der Waals surface area (Å²) in [7, 11) is 0. The van der Waals surface area contributed by atoms with Gasteiger partial charge in [0.1, 0.15) is 0 Å². The van der Waals surface area contributed by atoms with Crippen molar-refractivity contribution in [1.82, 2.24) is 29.9 Å². The van der Waals surface area contributed by atoms with Gasteiger partial charge in [-0.2, -0.15) is 0 Å². The van der Waals surface area contributed by atoms with Gasteiger partial charge in [0.05, 0.1) is 22.8 Å². The van der Waals surface area contributed by atoms with Crippen LogP contribution in [-0.4, -0.2) is 29.9 Å². The topological polar surface area (TPSA) is 77.3 Å². The fraction of sp³-hybridized carbons (Fsp3) is 0. The molecule has 48 heavy (non-hydrogen) atoms. The predicted octanol–water partition coefficient (Wildman–Crippen LogP) is 9.73. The molecule has 0 bridgehead atoms. The van der Waals surface area contributed by atoms with Gasteiger partial charge in [0.25, 0.3) is 0 Å². The minimum atomic E-state index is 0.551. The van der Waals surface area contributed by atoms with Crippen molar-refractivity contribution in [3.05, 3.63) is 170 Å². The largest absolute Gasteiger partial charge is 0.255 e. The Kier molecular flexibility index (Phi) is 7.79. The number of nitrogens with zero attached hydrogens (tertiary/aromatic N) is 6. The van der Waals surface area contributed by atoms with Crippen molar-refractivity contribution < 1.29 is 0 Å². The summed E-state index contributed by atoms with van der Waals surface area (Å²) in [6, 6.07) is 52.7. The van der Waals surface area contributed by atoms with Crippen LogP contribution in [0.3, 0.4) is 0 Å². The molecule has 0 spiro atoms. The minimum Gasteiger partial charge on any atom is -0.255 e. The molecule has 4 aromatic carbocycles. The van der Waals surface area contributed by atoms with E-state index in [0.717, 1.165) is 61.7 Å². The van der Waals surface area contributed by atoms with Crippen molar-refractivity contribution in [3.63, 3.8) is 0 Å². The van der Waals surface area contributed by atoms with E-state index in [-0.39, 0.29) is 0 Å². The van der Waals surface area contributed by atoms with Crippen LogP contribution in [0.2, 0.25) is 0 Å². The molecule has 6 nitrogen and oxygen atoms in total. The summed E-state index contributed by atoms with van der Waals surface area (Å²) >= 11 is 0. The first-order chi connectivity index (χ1) is 23.8. The SMILES string of the molecule is c1ccc(-c2ccnc(-c3cc(-c4ccccc4)cc(-c4ccc(-c5nc(-c6ccccc6)nc(-c6ccccc6)n5)cn4)n3)c2)cc1. The molecule has 226 valence electrons. The van der Waals surface area contributed by atoms with Gasteiger partial charge in [0.15, 0.2) is 17.5 Å². The first-order valence-corrected chi connectivity index (χ1v) is 15.7. The highest BCUT2D eigenvalue weighted by Gasteiger charge is 2.15. The molecule has 0 atom stereocenters. The molecule has 0 N–H and O–H groups in total. The summed E-state index contributed by atoms with van der Waals surface area (Å²) in [4.78, 5) is 29.2. The lowest BCUT2D eigenvalue weighted by molar-refractivity contribution is 1.07. The van der Waals surface area contributed by atoms with Gasteiger partial charge < -0.3 is 0 Å². The van der Waals surface area contributed by atoms with Crippen LogP contribution in [0.1, 0.15) is 0 Å². The molecule has 0 aliphatic rings. The lowest BCUT2D eigenvalue weighted by atomic mass is 10.0. The smallest absolute Gasteiger partial charge is 0.165 e. The Morgan fingerprint density at radius 3 is 1.25 bits per heavy atom. The third-order valence-corrected chi connectivity index (χ3v) is 8.05. The number of rotatable bonds is 7. The molecule has 0 saturated heterocycles. The van der Waals surface area contributed by atoms with E-state index in [4.69, 9.17) is 29.9 Å². The molecule has 0 amide bonds. The summed E-state index contributed by atoms with van der Waals surface area (Å²) < 4.78 is 0. The number of hydrogen-bond donors (Lipinski definition) is 0. The Morgan fingerprint density at radius 2 is 0.729 bits per heavy atom. The van der Waals surface area contributed by atoms with Crippen molar-refractivity contribution in [2.24, 2.45) is 0 Å². The Hall–Kier alpha value is -6.66. The minimum absolute atomic E-state index is 0.551. The summed E-state index contributed by atoms with van der Waals surface area (Å²) in [5.41, 5.74) is 9.99. The molecular weight excluding hydrogens is 589 g/mol. The fourth-order valence-electron chi connectivity index (χ4n) is 5.59. The third kappa shape index (κ3) is 6.10. The van der Waals surface area contributed by atoms with E-state index in [1.165, 1.54) is 0 Å². The maximum Gasteiger partial charge on any atom is 0.165 e. The van der Waals surface area contributed by atoms with Crippen molar-refractivity contribution in [2.75, 3.05) is 0 Å². The molecule has 8 aromatic rings. The molecule has 0 radical (unpaired) electrons. The first kappa shape index (κ1) is 28.8. The second-order valence-corrected chi connectivity index (χ2v) is 11.3. The van der Waals surface area contributed by atoms with Gasteiger partial charge in [-0.3, -0.25) is 9.97 Å². The maximum atomic E-state index is 5.08. The summed E-state index contributed by atoms with van der Waals surface area (Å²) in [6.07, 6.45) is 3.64. The average Bonchev–Trinajstić information content (AvgIpc) is 3.19. The van der Waals surface area contributed by atoms with E-state index < -0.39 is 0 Å². The highest BCUT2D eigenvalue weighted by molar-refractivity contribution is 5.77. The van der Waals surface area contributed by atoms with Crippen LogP contribution in [0.15, 0.2) is 170 Å². The molecule has 0 saturated carbocycles. The van der Waals surface area contributed by atoms with E-state index in [9.17, 15) is 0 Å². The average molecular weight is 617 g/mol. The summed E-state index contributed by atoms with van der Waals surface area (Å²) in [5, 5.41) is 0. The molecule has 0 aliphatic carbocycles. The van der Waals surface area contributed by atoms with Gasteiger partial charge in [-0.1, -0.05) is 121 Å². The highest BCUT2D eigenvalue weighted by atomic mass is 15.0. The lowest BCUT2D eigenvalue weighted by Gasteiger charge is -2.11. The zero-order chi connectivity index (χ0) is 32.1. The van der Waals surface area contributed by atoms with Crippen LogP contribution in [0.25, 0.3) is 79.2 Å². The molecule has 4 aromatic heterocycles. The van der Waals surface area contributed by atoms with Crippen LogP contribution in [0, 0.1) is 0 Å². The van der Waals surface area contributed by atoms with E-state index in [1.807, 2.05) is 121 Å². The van der Waals surface area contributed by atoms with Gasteiger partial charge in [0, 0.05) is 29.1 Å².